The third-order valence-electron chi connectivity index (χ3n) is 4.36. The molecule has 1 aromatic rings. The van der Waals surface area contributed by atoms with E-state index in [2.05, 4.69) is 5.32 Å². The van der Waals surface area contributed by atoms with Gasteiger partial charge in [0.2, 0.25) is 5.91 Å². The van der Waals surface area contributed by atoms with E-state index in [1.54, 1.807) is 6.07 Å². The third-order valence-corrected chi connectivity index (χ3v) is 4.36. The molecule has 1 aliphatic heterocycles. The number of hydrogen-bond acceptors (Lipinski definition) is 2. The number of hydrogen-bond donors (Lipinski definition) is 1. The van der Waals surface area contributed by atoms with E-state index in [-0.39, 0.29) is 29.8 Å². The fraction of sp³-hybridized carbons (Fsp3) is 0.562. The largest absolute Gasteiger partial charge is 0.339 e. The van der Waals surface area contributed by atoms with E-state index >= 15 is 0 Å². The van der Waals surface area contributed by atoms with Crippen molar-refractivity contribution in [2.75, 3.05) is 13.1 Å². The van der Waals surface area contributed by atoms with E-state index < -0.39 is 11.6 Å². The molecule has 21 heavy (non-hydrogen) atoms. The summed E-state index contributed by atoms with van der Waals surface area (Å²) in [5, 5.41) is 3.38. The van der Waals surface area contributed by atoms with Crippen LogP contribution in [0.3, 0.4) is 0 Å². The molecule has 5 heteroatoms. The number of nitrogens with zero attached hydrogens (tertiary/aromatic N) is 1. The fourth-order valence-electron chi connectivity index (χ4n) is 3.36. The molecular weight excluding hydrogens is 274 g/mol. The summed E-state index contributed by atoms with van der Waals surface area (Å²) in [6, 6.07) is 4.72. The molecule has 1 N–H and O–H groups in total. The lowest BCUT2D eigenvalue weighted by Gasteiger charge is -2.36. The Morgan fingerprint density at radius 2 is 1.90 bits per heavy atom. The van der Waals surface area contributed by atoms with Gasteiger partial charge in [0.05, 0.1) is 0 Å². The highest BCUT2D eigenvalue weighted by molar-refractivity contribution is 5.83. The molecule has 3 nitrogen and oxygen atoms in total. The molecule has 1 amide bonds. The number of nitrogens with one attached hydrogen (secondary N) is 1. The summed E-state index contributed by atoms with van der Waals surface area (Å²) in [6.45, 7) is 5.45. The van der Waals surface area contributed by atoms with Crippen molar-refractivity contribution in [2.24, 2.45) is 5.92 Å². The van der Waals surface area contributed by atoms with Crippen molar-refractivity contribution < 1.29 is 13.6 Å². The topological polar surface area (TPSA) is 32.3 Å². The maximum absolute atomic E-state index is 13.8. The molecule has 1 aromatic carbocycles. The summed E-state index contributed by atoms with van der Waals surface area (Å²) in [4.78, 5) is 14.4. The fourth-order valence-corrected chi connectivity index (χ4v) is 3.36. The van der Waals surface area contributed by atoms with Crippen LogP contribution in [0, 0.1) is 17.6 Å². The third kappa shape index (κ3) is 2.79. The zero-order valence-corrected chi connectivity index (χ0v) is 12.3. The van der Waals surface area contributed by atoms with Crippen LogP contribution < -0.4 is 5.32 Å². The Kier molecular flexibility index (Phi) is 3.69. The minimum Gasteiger partial charge on any atom is -0.339 e. The molecule has 1 heterocycles. The van der Waals surface area contributed by atoms with E-state index in [1.807, 2.05) is 18.7 Å². The molecule has 1 saturated carbocycles. The van der Waals surface area contributed by atoms with Gasteiger partial charge in [-0.15, -0.1) is 0 Å². The second-order valence-electron chi connectivity index (χ2n) is 6.30. The summed E-state index contributed by atoms with van der Waals surface area (Å²) in [6.07, 6.45) is 0.617. The first-order valence-electron chi connectivity index (χ1n) is 7.46. The van der Waals surface area contributed by atoms with Gasteiger partial charge in [0.1, 0.15) is 0 Å². The Bertz CT molecular complexity index is 553. The molecule has 4 atom stereocenters. The highest BCUT2D eigenvalue weighted by atomic mass is 19.2. The first-order valence-corrected chi connectivity index (χ1v) is 7.46. The number of rotatable bonds is 2. The van der Waals surface area contributed by atoms with Crippen LogP contribution in [0.2, 0.25) is 0 Å². The Balaban J connectivity index is 1.70. The smallest absolute Gasteiger partial charge is 0.226 e. The van der Waals surface area contributed by atoms with Crippen molar-refractivity contribution in [3.05, 3.63) is 35.4 Å². The van der Waals surface area contributed by atoms with Gasteiger partial charge in [-0.25, -0.2) is 8.78 Å². The van der Waals surface area contributed by atoms with Crippen molar-refractivity contribution in [3.63, 3.8) is 0 Å². The number of carbonyl (C=O) groups excluding carboxylic acids is 1. The van der Waals surface area contributed by atoms with Crippen molar-refractivity contribution in [1.29, 1.82) is 0 Å². The maximum atomic E-state index is 13.8. The van der Waals surface area contributed by atoms with Gasteiger partial charge in [-0.3, -0.25) is 4.79 Å². The van der Waals surface area contributed by atoms with Crippen molar-refractivity contribution in [2.45, 2.75) is 38.3 Å². The van der Waals surface area contributed by atoms with Crippen LogP contribution in [0.15, 0.2) is 18.2 Å². The second-order valence-corrected chi connectivity index (χ2v) is 6.30. The minimum atomic E-state index is -0.838. The average molecular weight is 294 g/mol. The quantitative estimate of drug-likeness (QED) is 0.907. The van der Waals surface area contributed by atoms with Gasteiger partial charge in [-0.1, -0.05) is 12.1 Å². The SMILES string of the molecule is C[C@@H]1CN(C(=O)[C@@H]2C[C@@H]2c2cccc(F)c2F)C[C@@H](C)N1. The molecule has 1 saturated heterocycles. The summed E-state index contributed by atoms with van der Waals surface area (Å²) in [5.74, 6) is -1.94. The van der Waals surface area contributed by atoms with Crippen LogP contribution in [0.1, 0.15) is 31.7 Å². The molecular formula is C16H20F2N2O. The Morgan fingerprint density at radius 1 is 1.24 bits per heavy atom. The van der Waals surface area contributed by atoms with E-state index in [0.29, 0.717) is 25.1 Å². The average Bonchev–Trinajstić information content (AvgIpc) is 3.20. The van der Waals surface area contributed by atoms with Gasteiger partial charge in [0.15, 0.2) is 11.6 Å². The van der Waals surface area contributed by atoms with Crippen LogP contribution in [0.4, 0.5) is 8.78 Å². The van der Waals surface area contributed by atoms with Gasteiger partial charge in [0.25, 0.3) is 0 Å². The summed E-state index contributed by atoms with van der Waals surface area (Å²) in [5.41, 5.74) is 0.338. The lowest BCUT2D eigenvalue weighted by Crippen LogP contribution is -2.56. The highest BCUT2D eigenvalue weighted by Gasteiger charge is 2.47. The number of halogens is 2. The van der Waals surface area contributed by atoms with Crippen molar-refractivity contribution in [1.82, 2.24) is 10.2 Å². The molecule has 0 bridgehead atoms. The van der Waals surface area contributed by atoms with Crippen molar-refractivity contribution in [3.8, 4) is 0 Å². The van der Waals surface area contributed by atoms with Gasteiger partial charge < -0.3 is 10.2 Å². The molecule has 2 aliphatic rings. The Morgan fingerprint density at radius 3 is 2.57 bits per heavy atom. The zero-order valence-electron chi connectivity index (χ0n) is 12.3. The summed E-state index contributed by atoms with van der Waals surface area (Å²) in [7, 11) is 0. The van der Waals surface area contributed by atoms with Gasteiger partial charge in [-0.05, 0) is 37.8 Å². The van der Waals surface area contributed by atoms with Crippen LogP contribution in [-0.2, 0) is 4.79 Å². The molecule has 3 rings (SSSR count). The monoisotopic (exact) mass is 294 g/mol. The summed E-state index contributed by atoms with van der Waals surface area (Å²) < 4.78 is 27.1. The second kappa shape index (κ2) is 5.37. The lowest BCUT2D eigenvalue weighted by atomic mass is 10.1. The van der Waals surface area contributed by atoms with E-state index in [9.17, 15) is 13.6 Å². The molecule has 0 radical (unpaired) electrons. The molecule has 0 unspecified atom stereocenters. The maximum Gasteiger partial charge on any atom is 0.226 e. The van der Waals surface area contributed by atoms with Gasteiger partial charge in [0, 0.05) is 31.1 Å². The first kappa shape index (κ1) is 14.4. The van der Waals surface area contributed by atoms with E-state index in [0.717, 1.165) is 6.07 Å². The molecule has 0 spiro atoms. The minimum absolute atomic E-state index is 0.0730. The zero-order chi connectivity index (χ0) is 15.1. The Hall–Kier alpha value is -1.49. The Labute approximate surface area is 123 Å². The lowest BCUT2D eigenvalue weighted by molar-refractivity contribution is -0.134. The predicted octanol–water partition coefficient (Wildman–Crippen LogP) is 2.28. The van der Waals surface area contributed by atoms with E-state index in [4.69, 9.17) is 0 Å². The van der Waals surface area contributed by atoms with Gasteiger partial charge in [-0.2, -0.15) is 0 Å². The van der Waals surface area contributed by atoms with Crippen LogP contribution >= 0.6 is 0 Å². The number of piperazine rings is 1. The van der Waals surface area contributed by atoms with Gasteiger partial charge >= 0.3 is 0 Å². The molecule has 1 aliphatic carbocycles. The number of benzene rings is 1. The summed E-state index contributed by atoms with van der Waals surface area (Å²) >= 11 is 0. The van der Waals surface area contributed by atoms with Crippen LogP contribution in [-0.4, -0.2) is 36.0 Å². The molecule has 2 fully saturated rings. The standard InChI is InChI=1S/C16H20F2N2O/c1-9-7-20(8-10(2)19-9)16(21)13-6-12(13)11-4-3-5-14(17)15(11)18/h3-5,9-10,12-13,19H,6-8H2,1-2H3/t9-,10-,12-,13-/m1/s1. The normalized spacial score (nSPS) is 32.1. The highest BCUT2D eigenvalue weighted by Crippen LogP contribution is 2.49. The van der Waals surface area contributed by atoms with Crippen LogP contribution in [0.5, 0.6) is 0 Å². The van der Waals surface area contributed by atoms with Crippen molar-refractivity contribution >= 4 is 5.91 Å². The number of carbonyl (C=O) groups is 1. The first-order chi connectivity index (χ1) is 9.97. The molecule has 114 valence electrons. The number of amides is 1. The van der Waals surface area contributed by atoms with E-state index in [1.165, 1.54) is 6.07 Å². The van der Waals surface area contributed by atoms with Crippen LogP contribution in [0.25, 0.3) is 0 Å². The predicted molar refractivity (Wildman–Crippen MR) is 75.8 cm³/mol. The molecule has 0 aromatic heterocycles.